The highest BCUT2D eigenvalue weighted by Gasteiger charge is 2.27. The number of piperidine rings is 1. The van der Waals surface area contributed by atoms with Crippen molar-refractivity contribution >= 4 is 28.4 Å². The second-order valence-electron chi connectivity index (χ2n) is 11.4. The summed E-state index contributed by atoms with van der Waals surface area (Å²) >= 11 is 0. The first kappa shape index (κ1) is 25.7. The highest BCUT2D eigenvalue weighted by molar-refractivity contribution is 6.01. The van der Waals surface area contributed by atoms with Crippen LogP contribution in [0.15, 0.2) is 67.1 Å². The second kappa shape index (κ2) is 11.0. The minimum Gasteiger partial charge on any atom is -0.355 e. The minimum absolute atomic E-state index is 0.116. The Bertz CT molecular complexity index is 1680. The second-order valence-corrected chi connectivity index (χ2v) is 11.4. The lowest BCUT2D eigenvalue weighted by molar-refractivity contribution is 0.0952. The highest BCUT2D eigenvalue weighted by atomic mass is 16.1. The van der Waals surface area contributed by atoms with Crippen molar-refractivity contribution in [1.29, 1.82) is 0 Å². The van der Waals surface area contributed by atoms with E-state index in [1.807, 2.05) is 18.3 Å². The maximum absolute atomic E-state index is 13.2. The van der Waals surface area contributed by atoms with Gasteiger partial charge in [0, 0.05) is 62.1 Å². The van der Waals surface area contributed by atoms with E-state index in [1.54, 1.807) is 10.7 Å². The van der Waals surface area contributed by atoms with Crippen LogP contribution in [0.5, 0.6) is 0 Å². The largest absolute Gasteiger partial charge is 0.355 e. The summed E-state index contributed by atoms with van der Waals surface area (Å²) in [6.07, 6.45) is 11.6. The van der Waals surface area contributed by atoms with Crippen LogP contribution in [-0.4, -0.2) is 67.7 Å². The number of carbonyl (C=O) groups excluding carboxylic acids is 1. The SMILES string of the molecule is CN(Cc1ccccc1)c1cc(-c2cn(CCN3CCCCC3)c3ncccc23)nc2c(C(=O)NC3CC3)cnn12. The molecule has 0 bridgehead atoms. The molecule has 1 aliphatic carbocycles. The molecule has 41 heavy (non-hydrogen) atoms. The zero-order valence-corrected chi connectivity index (χ0v) is 23.5. The van der Waals surface area contributed by atoms with Crippen molar-refractivity contribution in [2.24, 2.45) is 0 Å². The molecule has 1 aliphatic heterocycles. The van der Waals surface area contributed by atoms with Crippen molar-refractivity contribution in [3.63, 3.8) is 0 Å². The van der Waals surface area contributed by atoms with Crippen LogP contribution in [-0.2, 0) is 13.1 Å². The Morgan fingerprint density at radius 3 is 2.66 bits per heavy atom. The van der Waals surface area contributed by atoms with Crippen LogP contribution in [0, 0.1) is 0 Å². The van der Waals surface area contributed by atoms with Crippen molar-refractivity contribution in [3.05, 3.63) is 78.2 Å². The van der Waals surface area contributed by atoms with Crippen molar-refractivity contribution in [1.82, 2.24) is 34.4 Å². The van der Waals surface area contributed by atoms with Gasteiger partial charge in [0.1, 0.15) is 17.0 Å². The minimum atomic E-state index is -0.116. The summed E-state index contributed by atoms with van der Waals surface area (Å²) < 4.78 is 4.05. The van der Waals surface area contributed by atoms with Gasteiger partial charge in [-0.1, -0.05) is 36.8 Å². The number of carbonyl (C=O) groups is 1. The third-order valence-electron chi connectivity index (χ3n) is 8.28. The smallest absolute Gasteiger partial charge is 0.256 e. The van der Waals surface area contributed by atoms with Crippen molar-refractivity contribution in [3.8, 4) is 11.3 Å². The van der Waals surface area contributed by atoms with Crippen LogP contribution in [0.4, 0.5) is 5.82 Å². The van der Waals surface area contributed by atoms with E-state index in [0.717, 1.165) is 54.0 Å². The molecule has 1 amide bonds. The van der Waals surface area contributed by atoms with E-state index in [4.69, 9.17) is 9.97 Å². The van der Waals surface area contributed by atoms with E-state index in [1.165, 1.54) is 37.9 Å². The summed E-state index contributed by atoms with van der Waals surface area (Å²) in [5.41, 5.74) is 5.04. The van der Waals surface area contributed by atoms with Crippen LogP contribution in [0.1, 0.15) is 48.0 Å². The van der Waals surface area contributed by atoms with E-state index in [2.05, 4.69) is 74.4 Å². The fraction of sp³-hybridized carbons (Fsp3) is 0.375. The molecule has 2 fully saturated rings. The number of anilines is 1. The molecule has 1 saturated heterocycles. The molecule has 0 spiro atoms. The highest BCUT2D eigenvalue weighted by Crippen LogP contribution is 2.32. The number of amides is 1. The van der Waals surface area contributed by atoms with Gasteiger partial charge in [0.15, 0.2) is 5.65 Å². The number of hydrogen-bond donors (Lipinski definition) is 1. The lowest BCUT2D eigenvalue weighted by Crippen LogP contribution is -2.32. The van der Waals surface area contributed by atoms with Gasteiger partial charge >= 0.3 is 0 Å². The van der Waals surface area contributed by atoms with Gasteiger partial charge in [0.25, 0.3) is 5.91 Å². The normalized spacial score (nSPS) is 15.9. The first-order chi connectivity index (χ1) is 20.1. The number of pyridine rings is 1. The number of hydrogen-bond acceptors (Lipinski definition) is 6. The lowest BCUT2D eigenvalue weighted by atomic mass is 10.1. The third kappa shape index (κ3) is 5.29. The molecule has 5 aromatic rings. The number of fused-ring (bicyclic) bond motifs is 2. The molecule has 1 saturated carbocycles. The molecular formula is C32H36N8O. The summed E-state index contributed by atoms with van der Waals surface area (Å²) in [4.78, 5) is 27.8. The Kier molecular flexibility index (Phi) is 6.88. The molecule has 5 heterocycles. The molecule has 1 aromatic carbocycles. The Hall–Kier alpha value is -4.24. The average molecular weight is 549 g/mol. The fourth-order valence-corrected chi connectivity index (χ4v) is 5.88. The van der Waals surface area contributed by atoms with Gasteiger partial charge in [-0.3, -0.25) is 4.79 Å². The quantitative estimate of drug-likeness (QED) is 0.286. The standard InChI is InChI=1S/C32H36N8O/c1-37(21-23-9-4-2-5-10-23)29-19-28(36-31-26(20-34-40(29)31)32(41)35-24-12-13-24)27-22-39(30-25(27)11-8-14-33-30)18-17-38-15-6-3-7-16-38/h2,4-5,8-11,14,19-20,22,24H,3,6-7,12-13,15-18,21H2,1H3,(H,35,41). The molecule has 7 rings (SSSR count). The summed E-state index contributed by atoms with van der Waals surface area (Å²) in [6.45, 7) is 4.91. The summed E-state index contributed by atoms with van der Waals surface area (Å²) in [5, 5.41) is 8.81. The third-order valence-corrected chi connectivity index (χ3v) is 8.28. The zero-order valence-electron chi connectivity index (χ0n) is 23.5. The average Bonchev–Trinajstić information content (AvgIpc) is 3.59. The van der Waals surface area contributed by atoms with Gasteiger partial charge in [-0.15, -0.1) is 0 Å². The molecule has 9 heteroatoms. The van der Waals surface area contributed by atoms with E-state index < -0.39 is 0 Å². The number of nitrogens with zero attached hydrogens (tertiary/aromatic N) is 7. The Morgan fingerprint density at radius 2 is 1.85 bits per heavy atom. The fourth-order valence-electron chi connectivity index (χ4n) is 5.88. The first-order valence-electron chi connectivity index (χ1n) is 14.8. The van der Waals surface area contributed by atoms with Crippen LogP contribution >= 0.6 is 0 Å². The predicted molar refractivity (Wildman–Crippen MR) is 161 cm³/mol. The van der Waals surface area contributed by atoms with Gasteiger partial charge < -0.3 is 19.7 Å². The van der Waals surface area contributed by atoms with Gasteiger partial charge in [0.2, 0.25) is 0 Å². The predicted octanol–water partition coefficient (Wildman–Crippen LogP) is 4.76. The number of likely N-dealkylation sites (tertiary alicyclic amines) is 1. The molecule has 1 N–H and O–H groups in total. The number of nitrogens with one attached hydrogen (secondary N) is 1. The summed E-state index contributed by atoms with van der Waals surface area (Å²) in [7, 11) is 2.06. The Labute approximate surface area is 239 Å². The molecule has 0 unspecified atom stereocenters. The monoisotopic (exact) mass is 548 g/mol. The molecule has 0 radical (unpaired) electrons. The van der Waals surface area contributed by atoms with Crippen LogP contribution in [0.25, 0.3) is 27.9 Å². The molecule has 2 aliphatic rings. The summed E-state index contributed by atoms with van der Waals surface area (Å²) in [5.74, 6) is 0.756. The van der Waals surface area contributed by atoms with Gasteiger partial charge in [-0.25, -0.2) is 9.97 Å². The number of rotatable bonds is 9. The molecule has 4 aromatic heterocycles. The number of benzene rings is 1. The van der Waals surface area contributed by atoms with Gasteiger partial charge in [-0.05, 0) is 56.5 Å². The molecule has 0 atom stereocenters. The Morgan fingerprint density at radius 1 is 1.02 bits per heavy atom. The maximum atomic E-state index is 13.2. The van der Waals surface area contributed by atoms with E-state index in [0.29, 0.717) is 17.8 Å². The van der Waals surface area contributed by atoms with Gasteiger partial charge in [0.05, 0.1) is 11.9 Å². The van der Waals surface area contributed by atoms with Crippen LogP contribution < -0.4 is 10.2 Å². The van der Waals surface area contributed by atoms with Crippen molar-refractivity contribution in [2.75, 3.05) is 31.6 Å². The van der Waals surface area contributed by atoms with Gasteiger partial charge in [-0.2, -0.15) is 9.61 Å². The van der Waals surface area contributed by atoms with E-state index >= 15 is 0 Å². The Balaban J connectivity index is 1.31. The van der Waals surface area contributed by atoms with Crippen LogP contribution in [0.3, 0.4) is 0 Å². The van der Waals surface area contributed by atoms with E-state index in [-0.39, 0.29) is 11.9 Å². The summed E-state index contributed by atoms with van der Waals surface area (Å²) in [6, 6.07) is 16.8. The molecule has 9 nitrogen and oxygen atoms in total. The van der Waals surface area contributed by atoms with Crippen molar-refractivity contribution in [2.45, 2.75) is 51.2 Å². The number of aromatic nitrogens is 5. The first-order valence-corrected chi connectivity index (χ1v) is 14.8. The van der Waals surface area contributed by atoms with Crippen LogP contribution in [0.2, 0.25) is 0 Å². The molecule has 210 valence electrons. The van der Waals surface area contributed by atoms with E-state index in [9.17, 15) is 4.79 Å². The topological polar surface area (TPSA) is 83.6 Å². The zero-order chi connectivity index (χ0) is 27.8. The van der Waals surface area contributed by atoms with Crippen molar-refractivity contribution < 1.29 is 4.79 Å². The lowest BCUT2D eigenvalue weighted by Gasteiger charge is -2.26. The molecular weight excluding hydrogens is 512 g/mol. The maximum Gasteiger partial charge on any atom is 0.256 e.